The van der Waals surface area contributed by atoms with E-state index in [4.69, 9.17) is 0 Å². The van der Waals surface area contributed by atoms with Crippen LogP contribution in [-0.2, 0) is 14.6 Å². The number of nitrogens with one attached hydrogen (secondary N) is 2. The van der Waals surface area contributed by atoms with Gasteiger partial charge in [0, 0.05) is 24.8 Å². The third-order valence-corrected chi connectivity index (χ3v) is 6.66. The minimum Gasteiger partial charge on any atom is -0.338 e. The average Bonchev–Trinajstić information content (AvgIpc) is 2.98. The summed E-state index contributed by atoms with van der Waals surface area (Å²) in [6, 6.07) is 12.3. The minimum absolute atomic E-state index is 0.0815. The van der Waals surface area contributed by atoms with Gasteiger partial charge in [0.2, 0.25) is 15.7 Å². The standard InChI is InChI=1S/C17H20N2O3S2/c1-11(20)19-17(16-9-14(23)10-18-16)24(21,22)15-7-6-12-4-2-3-5-13(12)8-15/h2-8,14,16-18,23H,9-10H2,1H3,(H,19,20)/t14-,16+,17?/m1/s1. The fourth-order valence-electron chi connectivity index (χ4n) is 3.06. The molecule has 128 valence electrons. The molecule has 3 rings (SSSR count). The molecule has 1 saturated heterocycles. The molecule has 24 heavy (non-hydrogen) atoms. The zero-order chi connectivity index (χ0) is 17.3. The molecular formula is C17H20N2O3S2. The third kappa shape index (κ3) is 3.43. The molecule has 5 nitrogen and oxygen atoms in total. The Hall–Kier alpha value is -1.57. The lowest BCUT2D eigenvalue weighted by molar-refractivity contribution is -0.119. The van der Waals surface area contributed by atoms with Crippen molar-refractivity contribution < 1.29 is 13.2 Å². The van der Waals surface area contributed by atoms with Gasteiger partial charge in [-0.3, -0.25) is 4.79 Å². The summed E-state index contributed by atoms with van der Waals surface area (Å²) in [5.41, 5.74) is 0. The Balaban J connectivity index is 2.01. The largest absolute Gasteiger partial charge is 0.338 e. The van der Waals surface area contributed by atoms with Crippen molar-refractivity contribution in [2.45, 2.75) is 34.9 Å². The Kier molecular flexibility index (Phi) is 4.85. The van der Waals surface area contributed by atoms with Crippen molar-refractivity contribution in [3.8, 4) is 0 Å². The molecule has 0 aromatic heterocycles. The van der Waals surface area contributed by atoms with E-state index in [2.05, 4.69) is 23.3 Å². The number of fused-ring (bicyclic) bond motifs is 1. The van der Waals surface area contributed by atoms with E-state index < -0.39 is 15.2 Å². The molecule has 0 aliphatic carbocycles. The first-order chi connectivity index (χ1) is 11.4. The van der Waals surface area contributed by atoms with Crippen LogP contribution in [0.4, 0.5) is 0 Å². The number of carbonyl (C=O) groups excluding carboxylic acids is 1. The summed E-state index contributed by atoms with van der Waals surface area (Å²) < 4.78 is 26.3. The van der Waals surface area contributed by atoms with Gasteiger partial charge in [0.1, 0.15) is 0 Å². The Bertz CT molecular complexity index is 867. The molecular weight excluding hydrogens is 344 g/mol. The summed E-state index contributed by atoms with van der Waals surface area (Å²) in [6.45, 7) is 1.95. The van der Waals surface area contributed by atoms with Crippen LogP contribution >= 0.6 is 12.6 Å². The first kappa shape index (κ1) is 17.3. The molecule has 1 aliphatic rings. The summed E-state index contributed by atoms with van der Waals surface area (Å²) >= 11 is 4.40. The second-order valence-corrected chi connectivity index (χ2v) is 8.88. The topological polar surface area (TPSA) is 75.3 Å². The number of thiol groups is 1. The molecule has 3 atom stereocenters. The summed E-state index contributed by atoms with van der Waals surface area (Å²) in [6.07, 6.45) is 0.584. The Morgan fingerprint density at radius 2 is 1.96 bits per heavy atom. The molecule has 0 saturated carbocycles. The highest BCUT2D eigenvalue weighted by atomic mass is 32.2. The van der Waals surface area contributed by atoms with E-state index in [1.54, 1.807) is 18.2 Å². The van der Waals surface area contributed by atoms with Crippen LogP contribution < -0.4 is 10.6 Å². The van der Waals surface area contributed by atoms with Crippen LogP contribution in [0, 0.1) is 0 Å². The lowest BCUT2D eigenvalue weighted by Gasteiger charge is -2.24. The smallest absolute Gasteiger partial charge is 0.217 e. The number of hydrogen-bond donors (Lipinski definition) is 3. The van der Waals surface area contributed by atoms with Crippen LogP contribution in [-0.4, -0.2) is 37.5 Å². The highest BCUT2D eigenvalue weighted by Gasteiger charge is 2.39. The summed E-state index contributed by atoms with van der Waals surface area (Å²) in [7, 11) is -3.72. The van der Waals surface area contributed by atoms with Gasteiger partial charge in [0.15, 0.2) is 5.37 Å². The SMILES string of the molecule is CC(=O)NC([C@@H]1C[C@@H](S)CN1)S(=O)(=O)c1ccc2ccccc2c1. The Labute approximate surface area is 147 Å². The van der Waals surface area contributed by atoms with E-state index in [1.807, 2.05) is 24.3 Å². The van der Waals surface area contributed by atoms with Crippen LogP contribution in [0.2, 0.25) is 0 Å². The molecule has 1 heterocycles. The average molecular weight is 364 g/mol. The normalized spacial score (nSPS) is 22.4. The van der Waals surface area contributed by atoms with Crippen molar-refractivity contribution in [2.24, 2.45) is 0 Å². The number of hydrogen-bond acceptors (Lipinski definition) is 5. The second-order valence-electron chi connectivity index (χ2n) is 6.08. The van der Waals surface area contributed by atoms with Crippen LogP contribution in [0.15, 0.2) is 47.4 Å². The molecule has 0 spiro atoms. The first-order valence-electron chi connectivity index (χ1n) is 7.79. The fraction of sp³-hybridized carbons (Fsp3) is 0.353. The van der Waals surface area contributed by atoms with Gasteiger partial charge in [-0.1, -0.05) is 30.3 Å². The quantitative estimate of drug-likeness (QED) is 0.723. The van der Waals surface area contributed by atoms with Gasteiger partial charge < -0.3 is 10.6 Å². The maximum Gasteiger partial charge on any atom is 0.217 e. The maximum atomic E-state index is 13.1. The highest BCUT2D eigenvalue weighted by Crippen LogP contribution is 2.26. The predicted molar refractivity (Wildman–Crippen MR) is 97.9 cm³/mol. The number of carbonyl (C=O) groups is 1. The van der Waals surface area contributed by atoms with Crippen molar-refractivity contribution >= 4 is 39.1 Å². The van der Waals surface area contributed by atoms with Crippen LogP contribution in [0.25, 0.3) is 10.8 Å². The molecule has 0 radical (unpaired) electrons. The molecule has 1 aliphatic heterocycles. The van der Waals surface area contributed by atoms with Gasteiger partial charge in [0.05, 0.1) is 4.90 Å². The molecule has 2 aromatic carbocycles. The molecule has 1 amide bonds. The molecule has 1 unspecified atom stereocenters. The van der Waals surface area contributed by atoms with Crippen molar-refractivity contribution in [2.75, 3.05) is 6.54 Å². The summed E-state index contributed by atoms with van der Waals surface area (Å²) in [5.74, 6) is -0.367. The van der Waals surface area contributed by atoms with E-state index in [0.29, 0.717) is 13.0 Å². The van der Waals surface area contributed by atoms with Gasteiger partial charge in [-0.2, -0.15) is 12.6 Å². The predicted octanol–water partition coefficient (Wildman–Crippen LogP) is 1.74. The van der Waals surface area contributed by atoms with E-state index in [-0.39, 0.29) is 22.1 Å². The van der Waals surface area contributed by atoms with Crippen LogP contribution in [0.3, 0.4) is 0 Å². The second kappa shape index (κ2) is 6.74. The maximum absolute atomic E-state index is 13.1. The van der Waals surface area contributed by atoms with Gasteiger partial charge in [0.25, 0.3) is 0 Å². The monoisotopic (exact) mass is 364 g/mol. The first-order valence-corrected chi connectivity index (χ1v) is 9.85. The molecule has 1 fully saturated rings. The lowest BCUT2D eigenvalue weighted by Crippen LogP contribution is -2.51. The molecule has 0 bridgehead atoms. The van der Waals surface area contributed by atoms with Crippen molar-refractivity contribution in [1.82, 2.24) is 10.6 Å². The highest BCUT2D eigenvalue weighted by molar-refractivity contribution is 7.92. The molecule has 7 heteroatoms. The molecule has 2 aromatic rings. The third-order valence-electron chi connectivity index (χ3n) is 4.24. The van der Waals surface area contributed by atoms with Crippen molar-refractivity contribution in [1.29, 1.82) is 0 Å². The van der Waals surface area contributed by atoms with E-state index in [0.717, 1.165) is 10.8 Å². The minimum atomic E-state index is -3.72. The number of rotatable bonds is 4. The summed E-state index contributed by atoms with van der Waals surface area (Å²) in [4.78, 5) is 11.8. The van der Waals surface area contributed by atoms with E-state index >= 15 is 0 Å². The number of sulfone groups is 1. The fourth-order valence-corrected chi connectivity index (χ4v) is 5.20. The van der Waals surface area contributed by atoms with Gasteiger partial charge in [-0.05, 0) is 29.3 Å². The number of amides is 1. The van der Waals surface area contributed by atoms with Crippen molar-refractivity contribution in [3.63, 3.8) is 0 Å². The Morgan fingerprint density at radius 3 is 2.58 bits per heavy atom. The number of benzene rings is 2. The van der Waals surface area contributed by atoms with Crippen LogP contribution in [0.1, 0.15) is 13.3 Å². The Morgan fingerprint density at radius 1 is 1.25 bits per heavy atom. The zero-order valence-corrected chi connectivity index (χ0v) is 15.0. The van der Waals surface area contributed by atoms with Gasteiger partial charge >= 0.3 is 0 Å². The van der Waals surface area contributed by atoms with Gasteiger partial charge in [-0.15, -0.1) is 0 Å². The lowest BCUT2D eigenvalue weighted by atomic mass is 10.1. The van der Waals surface area contributed by atoms with Gasteiger partial charge in [-0.25, -0.2) is 8.42 Å². The summed E-state index contributed by atoms with van der Waals surface area (Å²) in [5, 5.41) is 6.66. The van der Waals surface area contributed by atoms with Crippen molar-refractivity contribution in [3.05, 3.63) is 42.5 Å². The van der Waals surface area contributed by atoms with Crippen LogP contribution in [0.5, 0.6) is 0 Å². The molecule has 2 N–H and O–H groups in total. The zero-order valence-electron chi connectivity index (χ0n) is 13.3. The van der Waals surface area contributed by atoms with E-state index in [1.165, 1.54) is 6.92 Å². The van der Waals surface area contributed by atoms with E-state index in [9.17, 15) is 13.2 Å².